The van der Waals surface area contributed by atoms with E-state index in [1.54, 1.807) is 0 Å². The summed E-state index contributed by atoms with van der Waals surface area (Å²) in [5.41, 5.74) is 0. The molecular formula is C50H84NO7+. The number of nitrogens with zero attached hydrogens (tertiary/aromatic N) is 1. The molecule has 8 heteroatoms. The van der Waals surface area contributed by atoms with Gasteiger partial charge in [-0.2, -0.15) is 0 Å². The Bertz CT molecular complexity index is 1220. The van der Waals surface area contributed by atoms with Crippen LogP contribution in [-0.4, -0.2) is 80.6 Å². The average molecular weight is 811 g/mol. The fraction of sp³-hybridized carbons (Fsp3) is 0.660. The minimum absolute atomic E-state index is 0.0398. The summed E-state index contributed by atoms with van der Waals surface area (Å²) in [6.07, 6.45) is 52.1. The topological polar surface area (TPSA) is 99.1 Å². The van der Waals surface area contributed by atoms with Crippen molar-refractivity contribution in [1.82, 2.24) is 0 Å². The van der Waals surface area contributed by atoms with Crippen molar-refractivity contribution in [2.75, 3.05) is 41.0 Å². The van der Waals surface area contributed by atoms with Crippen LogP contribution in [0.1, 0.15) is 162 Å². The van der Waals surface area contributed by atoms with Crippen LogP contribution in [0.15, 0.2) is 85.1 Å². The lowest BCUT2D eigenvalue weighted by molar-refractivity contribution is -0.887. The molecule has 0 fully saturated rings. The first-order valence-electron chi connectivity index (χ1n) is 22.6. The van der Waals surface area contributed by atoms with Crippen molar-refractivity contribution in [2.45, 2.75) is 174 Å². The van der Waals surface area contributed by atoms with Crippen LogP contribution < -0.4 is 0 Å². The summed E-state index contributed by atoms with van der Waals surface area (Å²) < 4.78 is 17.2. The number of ether oxygens (including phenoxy) is 3. The summed E-state index contributed by atoms with van der Waals surface area (Å²) in [4.78, 5) is 36.9. The van der Waals surface area contributed by atoms with Gasteiger partial charge >= 0.3 is 17.9 Å². The molecule has 0 saturated carbocycles. The van der Waals surface area contributed by atoms with E-state index in [0.717, 1.165) is 70.6 Å². The number of hydrogen-bond acceptors (Lipinski definition) is 6. The number of carbonyl (C=O) groups is 3. The van der Waals surface area contributed by atoms with E-state index in [2.05, 4.69) is 98.9 Å². The second-order valence-electron chi connectivity index (χ2n) is 15.9. The van der Waals surface area contributed by atoms with Crippen molar-refractivity contribution in [3.8, 4) is 0 Å². The summed E-state index contributed by atoms with van der Waals surface area (Å²) in [5, 5.41) is 9.61. The molecule has 0 rings (SSSR count). The van der Waals surface area contributed by atoms with Crippen molar-refractivity contribution in [3.63, 3.8) is 0 Å². The van der Waals surface area contributed by atoms with E-state index in [-0.39, 0.29) is 42.7 Å². The molecule has 1 N–H and O–H groups in total. The smallest absolute Gasteiger partial charge is 0.362 e. The zero-order valence-corrected chi connectivity index (χ0v) is 37.5. The highest BCUT2D eigenvalue weighted by atomic mass is 16.6. The largest absolute Gasteiger partial charge is 0.477 e. The number of likely N-dealkylation sites (N-methyl/N-ethyl adjacent to an activating group) is 1. The molecule has 0 radical (unpaired) electrons. The summed E-state index contributed by atoms with van der Waals surface area (Å²) in [5.74, 6) is -1.55. The van der Waals surface area contributed by atoms with Gasteiger partial charge in [0.25, 0.3) is 0 Å². The van der Waals surface area contributed by atoms with Crippen molar-refractivity contribution >= 4 is 17.9 Å². The molecule has 0 aliphatic rings. The average Bonchev–Trinajstić information content (AvgIpc) is 3.18. The number of unbranched alkanes of at least 4 members (excludes halogenated alkanes) is 11. The van der Waals surface area contributed by atoms with E-state index < -0.39 is 18.1 Å². The van der Waals surface area contributed by atoms with E-state index >= 15 is 0 Å². The predicted octanol–water partition coefficient (Wildman–Crippen LogP) is 12.5. The standard InChI is InChI=1S/C50H83NO7/c1-6-8-10-12-14-16-18-19-20-21-22-23-24-25-26-27-28-29-31-32-34-36-38-40-48(52)57-45-46(44-56-43-42-47(50(54)55)51(3,4)5)58-49(53)41-39-37-35-33-30-17-15-13-11-9-7-2/h8,10,14,16,19-20,22-23,25-26,28-29,32,34,46-47H,6-7,9,11-13,15,17-18,21,24,27,30-31,33,35-45H2,1-5H3/p+1/b10-8+,16-14+,20-19+,23-22+,26-25+,29-28+,34-32+. The van der Waals surface area contributed by atoms with Crippen LogP contribution in [0.2, 0.25) is 0 Å². The number of allylic oxidation sites excluding steroid dienone is 14. The molecule has 330 valence electrons. The van der Waals surface area contributed by atoms with Gasteiger partial charge in [0.1, 0.15) is 6.61 Å². The molecule has 0 saturated heterocycles. The maximum absolute atomic E-state index is 12.7. The van der Waals surface area contributed by atoms with Crippen LogP contribution in [-0.2, 0) is 28.6 Å². The second-order valence-corrected chi connectivity index (χ2v) is 15.9. The fourth-order valence-corrected chi connectivity index (χ4v) is 6.08. The highest BCUT2D eigenvalue weighted by Gasteiger charge is 2.31. The molecule has 0 spiro atoms. The molecule has 2 unspecified atom stereocenters. The van der Waals surface area contributed by atoms with Crippen molar-refractivity contribution < 1.29 is 38.2 Å². The predicted molar refractivity (Wildman–Crippen MR) is 243 cm³/mol. The van der Waals surface area contributed by atoms with E-state index in [1.807, 2.05) is 21.1 Å². The van der Waals surface area contributed by atoms with Crippen LogP contribution in [0.25, 0.3) is 0 Å². The molecular weight excluding hydrogens is 727 g/mol. The third kappa shape index (κ3) is 38.1. The Balaban J connectivity index is 4.40. The van der Waals surface area contributed by atoms with Crippen LogP contribution in [0, 0.1) is 0 Å². The number of quaternary nitrogens is 1. The normalized spacial score (nSPS) is 13.7. The summed E-state index contributed by atoms with van der Waals surface area (Å²) in [7, 11) is 5.50. The maximum atomic E-state index is 12.7. The van der Waals surface area contributed by atoms with Crippen LogP contribution in [0.4, 0.5) is 0 Å². The summed E-state index contributed by atoms with van der Waals surface area (Å²) in [6.45, 7) is 4.54. The monoisotopic (exact) mass is 811 g/mol. The van der Waals surface area contributed by atoms with Gasteiger partial charge in [0.2, 0.25) is 0 Å². The lowest BCUT2D eigenvalue weighted by Crippen LogP contribution is -2.50. The number of carbonyl (C=O) groups excluding carboxylic acids is 2. The third-order valence-corrected chi connectivity index (χ3v) is 9.56. The summed E-state index contributed by atoms with van der Waals surface area (Å²) >= 11 is 0. The minimum atomic E-state index is -0.886. The summed E-state index contributed by atoms with van der Waals surface area (Å²) in [6, 6.07) is -0.625. The number of aliphatic carboxylic acids is 1. The SMILES string of the molecule is CC/C=C/C/C=C/C/C=C/C/C=C/C/C=C/C/C=C/C/C=C/CCCC(=O)OCC(COCCC(C(=O)O)[N+](C)(C)C)OC(=O)CCCCCCCCCCCCC. The second kappa shape index (κ2) is 40.3. The fourth-order valence-electron chi connectivity index (χ4n) is 6.08. The van der Waals surface area contributed by atoms with Crippen molar-refractivity contribution in [3.05, 3.63) is 85.1 Å². The van der Waals surface area contributed by atoms with Gasteiger partial charge in [-0.3, -0.25) is 9.59 Å². The zero-order chi connectivity index (χ0) is 42.8. The lowest BCUT2D eigenvalue weighted by Gasteiger charge is -2.31. The number of carboxylic acid groups (broad SMARTS) is 1. The molecule has 0 amide bonds. The minimum Gasteiger partial charge on any atom is -0.477 e. The molecule has 2 atom stereocenters. The first-order chi connectivity index (χ1) is 28.1. The van der Waals surface area contributed by atoms with Gasteiger partial charge in [0, 0.05) is 19.3 Å². The number of rotatable bonds is 39. The van der Waals surface area contributed by atoms with E-state index in [0.29, 0.717) is 19.3 Å². The Hall–Kier alpha value is -3.49. The van der Waals surface area contributed by atoms with Crippen LogP contribution in [0.5, 0.6) is 0 Å². The van der Waals surface area contributed by atoms with E-state index in [4.69, 9.17) is 14.2 Å². The molecule has 8 nitrogen and oxygen atoms in total. The Morgan fingerprint density at radius 1 is 0.534 bits per heavy atom. The van der Waals surface area contributed by atoms with Crippen LogP contribution >= 0.6 is 0 Å². The highest BCUT2D eigenvalue weighted by molar-refractivity contribution is 5.72. The van der Waals surface area contributed by atoms with Gasteiger partial charge in [-0.1, -0.05) is 163 Å². The Morgan fingerprint density at radius 3 is 1.41 bits per heavy atom. The van der Waals surface area contributed by atoms with E-state index in [1.165, 1.54) is 51.4 Å². The van der Waals surface area contributed by atoms with Gasteiger partial charge in [-0.05, 0) is 64.2 Å². The van der Waals surface area contributed by atoms with Crippen LogP contribution in [0.3, 0.4) is 0 Å². The maximum Gasteiger partial charge on any atom is 0.362 e. The van der Waals surface area contributed by atoms with Crippen molar-refractivity contribution in [2.24, 2.45) is 0 Å². The molecule has 0 aromatic carbocycles. The van der Waals surface area contributed by atoms with Gasteiger partial charge in [-0.15, -0.1) is 0 Å². The molecule has 0 heterocycles. The molecule has 0 bridgehead atoms. The molecule has 58 heavy (non-hydrogen) atoms. The van der Waals surface area contributed by atoms with Gasteiger partial charge < -0.3 is 23.8 Å². The third-order valence-electron chi connectivity index (χ3n) is 9.56. The first-order valence-corrected chi connectivity index (χ1v) is 22.6. The Morgan fingerprint density at radius 2 is 0.966 bits per heavy atom. The molecule has 0 aliphatic heterocycles. The zero-order valence-electron chi connectivity index (χ0n) is 37.5. The quantitative estimate of drug-likeness (QED) is 0.0286. The number of carboxylic acids is 1. The van der Waals surface area contributed by atoms with Gasteiger partial charge in [0.05, 0.1) is 34.4 Å². The Labute approximate surface area is 354 Å². The number of hydrogen-bond donors (Lipinski definition) is 1. The highest BCUT2D eigenvalue weighted by Crippen LogP contribution is 2.13. The van der Waals surface area contributed by atoms with E-state index in [9.17, 15) is 19.5 Å². The Kier molecular flexibility index (Phi) is 37.9. The molecule has 0 aromatic heterocycles. The molecule has 0 aromatic rings. The van der Waals surface area contributed by atoms with Crippen molar-refractivity contribution in [1.29, 1.82) is 0 Å². The lowest BCUT2D eigenvalue weighted by atomic mass is 10.1. The van der Waals surface area contributed by atoms with Gasteiger partial charge in [-0.25, -0.2) is 4.79 Å². The van der Waals surface area contributed by atoms with Gasteiger partial charge in [0.15, 0.2) is 12.1 Å². The molecule has 0 aliphatic carbocycles. The number of esters is 2. The first kappa shape index (κ1) is 54.5.